The summed E-state index contributed by atoms with van der Waals surface area (Å²) in [5.41, 5.74) is 1.15. The summed E-state index contributed by atoms with van der Waals surface area (Å²) in [5.74, 6) is 2.35. The molecule has 0 heterocycles. The normalized spacial score (nSPS) is 10.5. The van der Waals surface area contributed by atoms with Crippen LogP contribution in [0.15, 0.2) is 60.0 Å². The van der Waals surface area contributed by atoms with Gasteiger partial charge in [0.25, 0.3) is 0 Å². The predicted octanol–water partition coefficient (Wildman–Crippen LogP) is 5.26. The van der Waals surface area contributed by atoms with Crippen molar-refractivity contribution < 1.29 is 14.2 Å². The van der Waals surface area contributed by atoms with Crippen LogP contribution in [-0.4, -0.2) is 32.7 Å². The van der Waals surface area contributed by atoms with Crippen molar-refractivity contribution >= 4 is 23.4 Å². The van der Waals surface area contributed by atoms with Crippen molar-refractivity contribution in [2.24, 2.45) is 0 Å². The molecule has 0 fully saturated rings. The Hall–Kier alpha value is -1.62. The van der Waals surface area contributed by atoms with E-state index in [2.05, 4.69) is 6.58 Å². The maximum atomic E-state index is 5.87. The van der Waals surface area contributed by atoms with E-state index in [1.165, 1.54) is 4.90 Å². The maximum absolute atomic E-state index is 5.87. The summed E-state index contributed by atoms with van der Waals surface area (Å²) in [5, 5.41) is 0.755. The van der Waals surface area contributed by atoms with Crippen molar-refractivity contribution in [2.75, 3.05) is 32.7 Å². The van der Waals surface area contributed by atoms with E-state index < -0.39 is 0 Å². The topological polar surface area (TPSA) is 27.7 Å². The molecular weight excluding hydrogens is 356 g/mol. The summed E-state index contributed by atoms with van der Waals surface area (Å²) >= 11 is 7.61. The number of hydrogen-bond donors (Lipinski definition) is 0. The Kier molecular flexibility index (Phi) is 8.73. The quantitative estimate of drug-likeness (QED) is 0.302. The fourth-order valence-corrected chi connectivity index (χ4v) is 3.08. The van der Waals surface area contributed by atoms with Crippen LogP contribution in [0.2, 0.25) is 5.02 Å². The van der Waals surface area contributed by atoms with Crippen LogP contribution in [0.1, 0.15) is 5.56 Å². The average Bonchev–Trinajstić information content (AvgIpc) is 2.63. The highest BCUT2D eigenvalue weighted by atomic mass is 35.5. The van der Waals surface area contributed by atoms with Crippen LogP contribution in [0.25, 0.3) is 0 Å². The van der Waals surface area contributed by atoms with E-state index in [1.807, 2.05) is 48.5 Å². The molecule has 0 aliphatic carbocycles. The largest absolute Gasteiger partial charge is 0.493 e. The minimum atomic E-state index is 0.489. The van der Waals surface area contributed by atoms with Gasteiger partial charge in [0, 0.05) is 15.7 Å². The van der Waals surface area contributed by atoms with Crippen LogP contribution in [-0.2, 0) is 11.2 Å². The lowest BCUT2D eigenvalue weighted by atomic mass is 10.1. The molecule has 2 aromatic rings. The Morgan fingerprint density at radius 1 is 1.04 bits per heavy atom. The van der Waals surface area contributed by atoms with E-state index in [0.717, 1.165) is 34.3 Å². The minimum absolute atomic E-state index is 0.489. The van der Waals surface area contributed by atoms with Gasteiger partial charge in [-0.25, -0.2) is 0 Å². The molecule has 3 nitrogen and oxygen atoms in total. The third-order valence-corrected chi connectivity index (χ3v) is 4.63. The Morgan fingerprint density at radius 2 is 1.84 bits per heavy atom. The summed E-state index contributed by atoms with van der Waals surface area (Å²) in [4.78, 5) is 1.19. The summed E-state index contributed by atoms with van der Waals surface area (Å²) in [6.07, 6.45) is 2.68. The van der Waals surface area contributed by atoms with Crippen LogP contribution < -0.4 is 9.47 Å². The Balaban J connectivity index is 1.64. The zero-order chi connectivity index (χ0) is 17.9. The van der Waals surface area contributed by atoms with Crippen molar-refractivity contribution in [1.82, 2.24) is 0 Å². The summed E-state index contributed by atoms with van der Waals surface area (Å²) in [7, 11) is 1.64. The molecule has 134 valence electrons. The van der Waals surface area contributed by atoms with E-state index in [-0.39, 0.29) is 0 Å². The van der Waals surface area contributed by atoms with Crippen LogP contribution in [0.3, 0.4) is 0 Å². The first-order chi connectivity index (χ1) is 12.2. The maximum Gasteiger partial charge on any atom is 0.161 e. The fraction of sp³-hybridized carbons (Fsp3) is 0.300. The Bertz CT molecular complexity index is 658. The molecule has 0 radical (unpaired) electrons. The van der Waals surface area contributed by atoms with Crippen molar-refractivity contribution in [3.63, 3.8) is 0 Å². The zero-order valence-corrected chi connectivity index (χ0v) is 15.9. The van der Waals surface area contributed by atoms with Gasteiger partial charge in [-0.1, -0.05) is 23.7 Å². The van der Waals surface area contributed by atoms with Gasteiger partial charge < -0.3 is 14.2 Å². The van der Waals surface area contributed by atoms with Gasteiger partial charge in [-0.3, -0.25) is 0 Å². The fourth-order valence-electron chi connectivity index (χ4n) is 2.19. The second kappa shape index (κ2) is 11.1. The van der Waals surface area contributed by atoms with E-state index in [4.69, 9.17) is 25.8 Å². The van der Waals surface area contributed by atoms with Crippen molar-refractivity contribution in [3.8, 4) is 11.5 Å². The number of benzene rings is 2. The van der Waals surface area contributed by atoms with Crippen LogP contribution in [0.4, 0.5) is 0 Å². The number of ether oxygens (including phenoxy) is 3. The standard InChI is InChI=1S/C20H23ClO3S/c1-3-4-16-5-10-19(20(15-16)22-2)24-12-11-23-13-14-25-18-8-6-17(21)7-9-18/h3,5-10,15H,1,4,11-14H2,2H3. The second-order valence-electron chi connectivity index (χ2n) is 5.24. The third-order valence-electron chi connectivity index (χ3n) is 3.40. The molecule has 0 unspecified atom stereocenters. The van der Waals surface area contributed by atoms with E-state index in [9.17, 15) is 0 Å². The lowest BCUT2D eigenvalue weighted by molar-refractivity contribution is 0.110. The second-order valence-corrected chi connectivity index (χ2v) is 6.85. The number of rotatable bonds is 11. The number of thioether (sulfide) groups is 1. The van der Waals surface area contributed by atoms with E-state index >= 15 is 0 Å². The molecule has 2 aromatic carbocycles. The van der Waals surface area contributed by atoms with Crippen molar-refractivity contribution in [2.45, 2.75) is 11.3 Å². The molecule has 0 saturated carbocycles. The highest BCUT2D eigenvalue weighted by Crippen LogP contribution is 2.28. The molecule has 5 heteroatoms. The lowest BCUT2D eigenvalue weighted by Gasteiger charge is -2.12. The number of hydrogen-bond acceptors (Lipinski definition) is 4. The average molecular weight is 379 g/mol. The smallest absolute Gasteiger partial charge is 0.161 e. The van der Waals surface area contributed by atoms with Gasteiger partial charge in [-0.2, -0.15) is 0 Å². The zero-order valence-electron chi connectivity index (χ0n) is 14.4. The molecular formula is C20H23ClO3S. The van der Waals surface area contributed by atoms with Crippen LogP contribution in [0, 0.1) is 0 Å². The van der Waals surface area contributed by atoms with Gasteiger partial charge in [-0.15, -0.1) is 18.3 Å². The molecule has 0 saturated heterocycles. The number of halogens is 1. The first-order valence-corrected chi connectivity index (χ1v) is 9.46. The Labute approximate surface area is 158 Å². The van der Waals surface area contributed by atoms with Crippen LogP contribution in [0.5, 0.6) is 11.5 Å². The van der Waals surface area contributed by atoms with Crippen molar-refractivity contribution in [1.29, 1.82) is 0 Å². The first-order valence-electron chi connectivity index (χ1n) is 8.09. The first kappa shape index (κ1) is 19.7. The molecule has 0 spiro atoms. The van der Waals surface area contributed by atoms with Gasteiger partial charge >= 0.3 is 0 Å². The van der Waals surface area contributed by atoms with Crippen molar-refractivity contribution in [3.05, 3.63) is 65.7 Å². The van der Waals surface area contributed by atoms with Gasteiger partial charge in [-0.05, 0) is 48.4 Å². The monoisotopic (exact) mass is 378 g/mol. The van der Waals surface area contributed by atoms with Gasteiger partial charge in [0.1, 0.15) is 6.61 Å². The molecule has 0 aliphatic rings. The van der Waals surface area contributed by atoms with Crippen LogP contribution >= 0.6 is 23.4 Å². The molecule has 0 aromatic heterocycles. The summed E-state index contributed by atoms with van der Waals surface area (Å²) in [6, 6.07) is 13.7. The summed E-state index contributed by atoms with van der Waals surface area (Å²) < 4.78 is 16.7. The third kappa shape index (κ3) is 7.02. The molecule has 0 bridgehead atoms. The number of allylic oxidation sites excluding steroid dienone is 1. The number of methoxy groups -OCH3 is 1. The SMILES string of the molecule is C=CCc1ccc(OCCOCCSc2ccc(Cl)cc2)c(OC)c1. The van der Waals surface area contributed by atoms with Gasteiger partial charge in [0.05, 0.1) is 20.3 Å². The minimum Gasteiger partial charge on any atom is -0.493 e. The van der Waals surface area contributed by atoms with Gasteiger partial charge in [0.2, 0.25) is 0 Å². The molecule has 0 N–H and O–H groups in total. The molecule has 0 atom stereocenters. The van der Waals surface area contributed by atoms with E-state index in [1.54, 1.807) is 18.9 Å². The highest BCUT2D eigenvalue weighted by Gasteiger charge is 2.05. The van der Waals surface area contributed by atoms with E-state index in [0.29, 0.717) is 19.8 Å². The summed E-state index contributed by atoms with van der Waals surface area (Å²) in [6.45, 7) is 5.45. The molecule has 0 aliphatic heterocycles. The lowest BCUT2D eigenvalue weighted by Crippen LogP contribution is -2.09. The van der Waals surface area contributed by atoms with Gasteiger partial charge in [0.15, 0.2) is 11.5 Å². The predicted molar refractivity (Wildman–Crippen MR) is 105 cm³/mol. The molecule has 25 heavy (non-hydrogen) atoms. The molecule has 0 amide bonds. The Morgan fingerprint density at radius 3 is 2.56 bits per heavy atom. The highest BCUT2D eigenvalue weighted by molar-refractivity contribution is 7.99. The molecule has 2 rings (SSSR count).